The molecule has 2 amide bonds. The number of ketones is 2. The number of hydrogen-bond donors (Lipinski definition) is 0. The van der Waals surface area contributed by atoms with E-state index in [1.807, 2.05) is 0 Å². The number of imide groups is 1. The highest BCUT2D eigenvalue weighted by atomic mass is 79.9. The van der Waals surface area contributed by atoms with Crippen molar-refractivity contribution in [2.75, 3.05) is 4.90 Å². The Morgan fingerprint density at radius 2 is 1.39 bits per heavy atom. The van der Waals surface area contributed by atoms with Crippen LogP contribution in [0.15, 0.2) is 24.7 Å². The molecule has 2 atom stereocenters. The van der Waals surface area contributed by atoms with Gasteiger partial charge in [-0.3, -0.25) is 9.59 Å². The predicted octanol–water partition coefficient (Wildman–Crippen LogP) is 10.0. The number of anilines is 1. The zero-order valence-corrected chi connectivity index (χ0v) is 31.4. The molecule has 0 aliphatic heterocycles. The first-order chi connectivity index (χ1) is 24.7. The van der Waals surface area contributed by atoms with Gasteiger partial charge in [-0.2, -0.15) is 18.1 Å². The van der Waals surface area contributed by atoms with Gasteiger partial charge in [0.1, 0.15) is 34.7 Å². The number of aromatic nitrogens is 5. The summed E-state index contributed by atoms with van der Waals surface area (Å²) >= 11 is 2.90. The summed E-state index contributed by atoms with van der Waals surface area (Å²) in [5, 5.41) is 3.71. The molecule has 2 saturated carbocycles. The maximum atomic E-state index is 14.5. The van der Waals surface area contributed by atoms with Gasteiger partial charge < -0.3 is 14.2 Å². The van der Waals surface area contributed by atoms with Crippen LogP contribution in [0, 0.1) is 0 Å². The number of alkyl halides is 8. The highest BCUT2D eigenvalue weighted by Crippen LogP contribution is 2.42. The molecule has 3 aromatic rings. The minimum Gasteiger partial charge on any atom is -0.443 e. The molecule has 312 valence electrons. The number of pyridine rings is 1. The summed E-state index contributed by atoms with van der Waals surface area (Å²) in [5.74, 6) is -8.46. The molecule has 0 saturated heterocycles. The lowest BCUT2D eigenvalue weighted by molar-refractivity contribution is -0.137. The summed E-state index contributed by atoms with van der Waals surface area (Å²) in [6, 6.07) is -0.339. The van der Waals surface area contributed by atoms with Gasteiger partial charge in [0.2, 0.25) is 11.8 Å². The Morgan fingerprint density at radius 3 is 1.89 bits per heavy atom. The highest BCUT2D eigenvalue weighted by Gasteiger charge is 2.44. The van der Waals surface area contributed by atoms with E-state index in [1.54, 1.807) is 0 Å². The van der Waals surface area contributed by atoms with Crippen LogP contribution in [0.4, 0.5) is 46.1 Å². The molecule has 0 spiro atoms. The molecule has 3 heterocycles. The number of hydrogen-bond acceptors (Lipinski definition) is 11. The van der Waals surface area contributed by atoms with Crippen molar-refractivity contribution in [1.29, 1.82) is 0 Å². The number of halogens is 8. The largest absolute Gasteiger partial charge is 0.443 e. The second kappa shape index (κ2) is 17.4. The second-order valence-corrected chi connectivity index (χ2v) is 15.6. The lowest BCUT2D eigenvalue weighted by Gasteiger charge is -2.28. The number of ether oxygens (including phenoxy) is 3. The van der Waals surface area contributed by atoms with Crippen LogP contribution in [0.3, 0.4) is 0 Å². The fourth-order valence-electron chi connectivity index (χ4n) is 5.12. The number of nitrogens with zero attached hydrogens (tertiary/aromatic N) is 6. The molecule has 2 fully saturated rings. The maximum absolute atomic E-state index is 14.5. The SMILES string of the molecule is C.C.CC(C)(C)OC(=O)N(C(=O)OC(C)(C)C)c1ncnc2c1c(Oc1cc(C(F)(F)F)ccn1)nn2C1CC(F)(F)CCC1=O.O=C1CCC(F)(F)CC1Br. The van der Waals surface area contributed by atoms with Gasteiger partial charge in [0, 0.05) is 50.8 Å². The normalized spacial score (nSPS) is 19.4. The van der Waals surface area contributed by atoms with Crippen molar-refractivity contribution < 1.29 is 64.1 Å². The van der Waals surface area contributed by atoms with Crippen LogP contribution < -0.4 is 9.64 Å². The van der Waals surface area contributed by atoms with Crippen LogP contribution in [0.1, 0.15) is 107 Å². The molecule has 0 radical (unpaired) electrons. The van der Waals surface area contributed by atoms with Crippen molar-refractivity contribution in [2.45, 2.75) is 135 Å². The molecular formula is C35H44BrF7N6O7. The molecule has 56 heavy (non-hydrogen) atoms. The third-order valence-corrected chi connectivity index (χ3v) is 8.36. The van der Waals surface area contributed by atoms with Gasteiger partial charge in [-0.1, -0.05) is 30.8 Å². The number of amides is 2. The fourth-order valence-corrected chi connectivity index (χ4v) is 5.83. The number of Topliss-reactive ketones (excluding diaryl/α,β-unsaturated/α-hetero) is 2. The minimum atomic E-state index is -4.78. The van der Waals surface area contributed by atoms with Crippen molar-refractivity contribution in [2.24, 2.45) is 0 Å². The summed E-state index contributed by atoms with van der Waals surface area (Å²) in [4.78, 5) is 61.9. The molecule has 0 aromatic carbocycles. The maximum Gasteiger partial charge on any atom is 0.425 e. The van der Waals surface area contributed by atoms with Gasteiger partial charge >= 0.3 is 18.4 Å². The van der Waals surface area contributed by atoms with E-state index in [0.29, 0.717) is 17.0 Å². The van der Waals surface area contributed by atoms with E-state index in [1.165, 1.54) is 41.5 Å². The van der Waals surface area contributed by atoms with E-state index in [4.69, 9.17) is 14.2 Å². The standard InChI is InChI=1S/C27H29F5N6O6.C6H7BrF2O.2CH4/c1-24(2,3)43-22(40)37(23(41)44-25(4,5)6)19-18-20(35-13-34-19)38(15-12-26(28,29)9-7-16(15)39)36-21(18)42-17-11-14(8-10-33-17)27(30,31)32;7-4-3-6(8,9)2-1-5(4)10;;/h8,10-11,13,15H,7,9,12H2,1-6H3;4H,1-3H2;2*1H4. The van der Waals surface area contributed by atoms with E-state index in [2.05, 4.69) is 36.0 Å². The highest BCUT2D eigenvalue weighted by molar-refractivity contribution is 9.10. The summed E-state index contributed by atoms with van der Waals surface area (Å²) in [6.45, 7) is 9.13. The molecule has 13 nitrogen and oxygen atoms in total. The van der Waals surface area contributed by atoms with Crippen molar-refractivity contribution in [1.82, 2.24) is 24.7 Å². The number of rotatable bonds is 4. The second-order valence-electron chi connectivity index (χ2n) is 14.5. The Balaban J connectivity index is 0.000000785. The summed E-state index contributed by atoms with van der Waals surface area (Å²) in [6.07, 6.45) is -8.42. The van der Waals surface area contributed by atoms with Crippen LogP contribution in [0.25, 0.3) is 11.0 Å². The molecule has 0 N–H and O–H groups in total. The summed E-state index contributed by atoms with van der Waals surface area (Å²) < 4.78 is 111. The number of carbonyl (C=O) groups excluding carboxylic acids is 4. The summed E-state index contributed by atoms with van der Waals surface area (Å²) in [5.41, 5.74) is -3.73. The Hall–Kier alpha value is -4.43. The molecule has 2 aliphatic carbocycles. The van der Waals surface area contributed by atoms with Crippen LogP contribution >= 0.6 is 15.9 Å². The Bertz CT molecular complexity index is 1880. The van der Waals surface area contributed by atoms with E-state index < -0.39 is 106 Å². The van der Waals surface area contributed by atoms with Gasteiger partial charge in [0.05, 0.1) is 10.4 Å². The third-order valence-electron chi connectivity index (χ3n) is 7.52. The van der Waals surface area contributed by atoms with Crippen LogP contribution in [-0.2, 0) is 25.2 Å². The van der Waals surface area contributed by atoms with Crippen molar-refractivity contribution in [3.63, 3.8) is 0 Å². The van der Waals surface area contributed by atoms with Crippen LogP contribution in [0.5, 0.6) is 11.8 Å². The van der Waals surface area contributed by atoms with Crippen molar-refractivity contribution in [3.8, 4) is 11.8 Å². The smallest absolute Gasteiger partial charge is 0.425 e. The first kappa shape index (κ1) is 47.7. The molecule has 2 aliphatic rings. The molecule has 0 bridgehead atoms. The van der Waals surface area contributed by atoms with E-state index in [-0.39, 0.29) is 45.5 Å². The van der Waals surface area contributed by atoms with E-state index in [0.717, 1.165) is 17.2 Å². The number of carbonyl (C=O) groups is 4. The average molecular weight is 874 g/mol. The first-order valence-corrected chi connectivity index (χ1v) is 17.2. The molecular weight excluding hydrogens is 829 g/mol. The zero-order chi connectivity index (χ0) is 40.6. The fraction of sp³-hybridized carbons (Fsp3) is 0.600. The minimum absolute atomic E-state index is 0. The van der Waals surface area contributed by atoms with Gasteiger partial charge in [0.15, 0.2) is 17.2 Å². The summed E-state index contributed by atoms with van der Waals surface area (Å²) in [7, 11) is 0. The average Bonchev–Trinajstić information content (AvgIpc) is 3.37. The third kappa shape index (κ3) is 12.3. The Labute approximate surface area is 326 Å². The molecule has 3 aromatic heterocycles. The quantitative estimate of drug-likeness (QED) is 0.182. The predicted molar refractivity (Wildman–Crippen MR) is 192 cm³/mol. The lowest BCUT2D eigenvalue weighted by atomic mass is 9.91. The zero-order valence-electron chi connectivity index (χ0n) is 29.8. The van der Waals surface area contributed by atoms with E-state index in [9.17, 15) is 49.9 Å². The molecule has 5 rings (SSSR count). The lowest BCUT2D eigenvalue weighted by Crippen LogP contribution is -2.44. The van der Waals surface area contributed by atoms with Crippen LogP contribution in [0.2, 0.25) is 0 Å². The first-order valence-electron chi connectivity index (χ1n) is 16.3. The Morgan fingerprint density at radius 1 is 0.857 bits per heavy atom. The van der Waals surface area contributed by atoms with Crippen molar-refractivity contribution >= 4 is 56.5 Å². The van der Waals surface area contributed by atoms with Crippen LogP contribution in [-0.4, -0.2) is 76.4 Å². The topological polar surface area (TPSA) is 156 Å². The number of fused-ring (bicyclic) bond motifs is 1. The van der Waals surface area contributed by atoms with Gasteiger partial charge in [-0.15, -0.1) is 5.10 Å². The van der Waals surface area contributed by atoms with Gasteiger partial charge in [-0.25, -0.2) is 46.8 Å². The molecule has 2 unspecified atom stereocenters. The van der Waals surface area contributed by atoms with Gasteiger partial charge in [-0.05, 0) is 47.6 Å². The van der Waals surface area contributed by atoms with Crippen molar-refractivity contribution in [3.05, 3.63) is 30.2 Å². The Kier molecular flexibility index (Phi) is 14.8. The van der Waals surface area contributed by atoms with Gasteiger partial charge in [0.25, 0.3) is 11.8 Å². The molecule has 21 heteroatoms. The van der Waals surface area contributed by atoms with E-state index >= 15 is 0 Å². The monoisotopic (exact) mass is 872 g/mol.